The molecule has 0 atom stereocenters. The van der Waals surface area contributed by atoms with Gasteiger partial charge in [-0.05, 0) is 23.8 Å². The van der Waals surface area contributed by atoms with Crippen LogP contribution < -0.4 is 29.6 Å². The molecule has 0 saturated heterocycles. The maximum absolute atomic E-state index is 11.9. The van der Waals surface area contributed by atoms with Crippen molar-refractivity contribution in [3.05, 3.63) is 42.0 Å². The van der Waals surface area contributed by atoms with Crippen LogP contribution in [0, 0.1) is 0 Å². The van der Waals surface area contributed by atoms with E-state index in [1.165, 1.54) is 51.4 Å². The van der Waals surface area contributed by atoms with E-state index in [0.717, 1.165) is 23.8 Å². The average molecular weight is 401 g/mol. The van der Waals surface area contributed by atoms with Crippen LogP contribution in [-0.4, -0.2) is 13.0 Å². The zero-order valence-corrected chi connectivity index (χ0v) is 19.7. The molecular weight excluding hydrogens is 367 g/mol. The van der Waals surface area contributed by atoms with E-state index in [0.29, 0.717) is 11.8 Å². The largest absolute Gasteiger partial charge is 1.00 e. The van der Waals surface area contributed by atoms with Crippen molar-refractivity contribution in [3.63, 3.8) is 0 Å². The van der Waals surface area contributed by atoms with Crippen molar-refractivity contribution in [2.24, 2.45) is 0 Å². The standard InChI is InChI=1S/C22H32O3S.Na.H/c1-2-3-4-5-6-7-8-9-10-11-15-20-18-17-19-14-12-13-16-21(19)22(20)26(23,24)25;;/h12-14,16-18H,2-11,15H2,1H3,(H,23,24,25);;/q;+1;-1. The van der Waals surface area contributed by atoms with E-state index in [2.05, 4.69) is 6.92 Å². The quantitative estimate of drug-likeness (QED) is 0.336. The van der Waals surface area contributed by atoms with Gasteiger partial charge in [0.2, 0.25) is 0 Å². The van der Waals surface area contributed by atoms with Gasteiger partial charge in [0.05, 0.1) is 0 Å². The molecule has 0 aliphatic carbocycles. The fourth-order valence-electron chi connectivity index (χ4n) is 3.59. The number of hydrogen-bond donors (Lipinski definition) is 1. The molecule has 2 rings (SSSR count). The molecule has 0 aromatic heterocycles. The van der Waals surface area contributed by atoms with Gasteiger partial charge in [0.1, 0.15) is 4.90 Å². The fraction of sp³-hybridized carbons (Fsp3) is 0.545. The van der Waals surface area contributed by atoms with E-state index in [4.69, 9.17) is 0 Å². The molecular formula is C22H33NaO3S. The number of rotatable bonds is 12. The Morgan fingerprint density at radius 2 is 1.37 bits per heavy atom. The summed E-state index contributed by atoms with van der Waals surface area (Å²) in [6, 6.07) is 11.1. The van der Waals surface area contributed by atoms with Crippen molar-refractivity contribution in [2.45, 2.75) is 82.4 Å². The Balaban J connectivity index is 0.00000364. The monoisotopic (exact) mass is 400 g/mol. The minimum atomic E-state index is -4.22. The van der Waals surface area contributed by atoms with Gasteiger partial charge in [-0.15, -0.1) is 0 Å². The van der Waals surface area contributed by atoms with Crippen LogP contribution in [0.5, 0.6) is 0 Å². The number of fused-ring (bicyclic) bond motifs is 1. The zero-order chi connectivity index (χ0) is 18.8. The van der Waals surface area contributed by atoms with Gasteiger partial charge in [0, 0.05) is 5.39 Å². The van der Waals surface area contributed by atoms with Crippen LogP contribution >= 0.6 is 0 Å². The number of hydrogen-bond acceptors (Lipinski definition) is 2. The van der Waals surface area contributed by atoms with Crippen LogP contribution in [0.4, 0.5) is 0 Å². The summed E-state index contributed by atoms with van der Waals surface area (Å²) >= 11 is 0. The first kappa shape index (κ1) is 24.6. The number of benzene rings is 2. The summed E-state index contributed by atoms with van der Waals surface area (Å²) in [5.74, 6) is 0. The Labute approximate surface area is 188 Å². The first-order valence-corrected chi connectivity index (χ1v) is 11.5. The third-order valence-electron chi connectivity index (χ3n) is 5.02. The molecule has 27 heavy (non-hydrogen) atoms. The van der Waals surface area contributed by atoms with E-state index in [-0.39, 0.29) is 35.9 Å². The molecule has 146 valence electrons. The molecule has 3 nitrogen and oxygen atoms in total. The van der Waals surface area contributed by atoms with Crippen molar-refractivity contribution in [1.82, 2.24) is 0 Å². The van der Waals surface area contributed by atoms with Gasteiger partial charge >= 0.3 is 29.6 Å². The molecule has 0 unspecified atom stereocenters. The molecule has 2 aromatic rings. The Kier molecular flexibility index (Phi) is 11.8. The third-order valence-corrected chi connectivity index (χ3v) is 6.02. The summed E-state index contributed by atoms with van der Waals surface area (Å²) in [6.45, 7) is 2.24. The van der Waals surface area contributed by atoms with Gasteiger partial charge in [0.15, 0.2) is 0 Å². The molecule has 0 radical (unpaired) electrons. The molecule has 0 saturated carbocycles. The molecule has 2 aromatic carbocycles. The minimum Gasteiger partial charge on any atom is -1.00 e. The first-order valence-electron chi connectivity index (χ1n) is 10.0. The summed E-state index contributed by atoms with van der Waals surface area (Å²) in [6.07, 6.45) is 13.2. The van der Waals surface area contributed by atoms with Gasteiger partial charge in [0.25, 0.3) is 10.1 Å². The Hall–Kier alpha value is -0.390. The summed E-state index contributed by atoms with van der Waals surface area (Å²) in [5, 5.41) is 1.45. The van der Waals surface area contributed by atoms with E-state index in [1.54, 1.807) is 12.1 Å². The van der Waals surface area contributed by atoms with Crippen molar-refractivity contribution in [2.75, 3.05) is 0 Å². The molecule has 5 heteroatoms. The van der Waals surface area contributed by atoms with Crippen LogP contribution in [-0.2, 0) is 16.5 Å². The Morgan fingerprint density at radius 1 is 0.815 bits per heavy atom. The van der Waals surface area contributed by atoms with Crippen molar-refractivity contribution >= 4 is 20.9 Å². The third kappa shape index (κ3) is 8.25. The van der Waals surface area contributed by atoms with Crippen LogP contribution in [0.1, 0.15) is 78.1 Å². The minimum absolute atomic E-state index is 0. The van der Waals surface area contributed by atoms with Crippen LogP contribution in [0.15, 0.2) is 41.3 Å². The van der Waals surface area contributed by atoms with Crippen LogP contribution in [0.2, 0.25) is 0 Å². The first-order chi connectivity index (χ1) is 12.5. The van der Waals surface area contributed by atoms with Crippen LogP contribution in [0.25, 0.3) is 10.8 Å². The maximum Gasteiger partial charge on any atom is 1.00 e. The second-order valence-electron chi connectivity index (χ2n) is 7.18. The number of unbranched alkanes of at least 4 members (excludes halogenated alkanes) is 9. The fourth-order valence-corrected chi connectivity index (χ4v) is 4.56. The van der Waals surface area contributed by atoms with Gasteiger partial charge in [-0.2, -0.15) is 8.42 Å². The zero-order valence-electron chi connectivity index (χ0n) is 17.9. The summed E-state index contributed by atoms with van der Waals surface area (Å²) in [4.78, 5) is 0.0894. The predicted octanol–water partition coefficient (Wildman–Crippen LogP) is 3.67. The van der Waals surface area contributed by atoms with E-state index in [9.17, 15) is 13.0 Å². The molecule has 0 heterocycles. The van der Waals surface area contributed by atoms with Crippen molar-refractivity contribution in [1.29, 1.82) is 0 Å². The molecule has 0 spiro atoms. The van der Waals surface area contributed by atoms with Crippen molar-refractivity contribution < 1.29 is 44.0 Å². The van der Waals surface area contributed by atoms with Gasteiger partial charge in [-0.3, -0.25) is 4.55 Å². The van der Waals surface area contributed by atoms with E-state index >= 15 is 0 Å². The van der Waals surface area contributed by atoms with Crippen molar-refractivity contribution in [3.8, 4) is 0 Å². The van der Waals surface area contributed by atoms with E-state index in [1.807, 2.05) is 24.3 Å². The van der Waals surface area contributed by atoms with Gasteiger partial charge < -0.3 is 1.43 Å². The summed E-state index contributed by atoms with van der Waals surface area (Å²) in [5.41, 5.74) is 0.728. The molecule has 0 aliphatic rings. The average Bonchev–Trinajstić information content (AvgIpc) is 2.62. The summed E-state index contributed by atoms with van der Waals surface area (Å²) < 4.78 is 33.5. The normalized spacial score (nSPS) is 11.5. The van der Waals surface area contributed by atoms with Gasteiger partial charge in [-0.1, -0.05) is 101 Å². The molecule has 1 N–H and O–H groups in total. The molecule has 0 fully saturated rings. The SMILES string of the molecule is CCCCCCCCCCCCc1ccc2ccccc2c1S(=O)(=O)O.[H-].[Na+]. The second kappa shape index (κ2) is 12.9. The summed E-state index contributed by atoms with van der Waals surface area (Å²) in [7, 11) is -4.22. The van der Waals surface area contributed by atoms with Gasteiger partial charge in [-0.25, -0.2) is 0 Å². The van der Waals surface area contributed by atoms with E-state index < -0.39 is 10.1 Å². The van der Waals surface area contributed by atoms with Crippen LogP contribution in [0.3, 0.4) is 0 Å². The second-order valence-corrected chi connectivity index (χ2v) is 8.54. The topological polar surface area (TPSA) is 54.4 Å². The smallest absolute Gasteiger partial charge is 1.00 e. The predicted molar refractivity (Wildman–Crippen MR) is 110 cm³/mol. The maximum atomic E-state index is 11.9. The molecule has 0 amide bonds. The number of aryl methyl sites for hydroxylation is 1. The molecule has 0 aliphatic heterocycles. The molecule has 0 bridgehead atoms. The Morgan fingerprint density at radius 3 is 1.96 bits per heavy atom. The Bertz CT molecular complexity index is 793.